The second kappa shape index (κ2) is 5.38. The summed E-state index contributed by atoms with van der Waals surface area (Å²) in [6.07, 6.45) is 2.24. The maximum absolute atomic E-state index is 3.52. The highest BCUT2D eigenvalue weighted by Gasteiger charge is 2.18. The molecule has 4 rings (SSSR count). The van der Waals surface area contributed by atoms with Gasteiger partial charge in [-0.3, -0.25) is 0 Å². The normalized spacial score (nSPS) is 14.3. The molecule has 2 nitrogen and oxygen atoms in total. The van der Waals surface area contributed by atoms with Gasteiger partial charge in [-0.05, 0) is 36.6 Å². The lowest BCUT2D eigenvalue weighted by Crippen LogP contribution is -2.25. The van der Waals surface area contributed by atoms with Crippen LogP contribution >= 0.6 is 0 Å². The first-order chi connectivity index (χ1) is 10.4. The van der Waals surface area contributed by atoms with Crippen molar-refractivity contribution in [2.24, 2.45) is 0 Å². The predicted molar refractivity (Wildman–Crippen MR) is 87.5 cm³/mol. The van der Waals surface area contributed by atoms with Gasteiger partial charge in [-0.2, -0.15) is 0 Å². The molecule has 2 aromatic carbocycles. The van der Waals surface area contributed by atoms with Crippen LogP contribution in [0.2, 0.25) is 0 Å². The molecular weight excluding hydrogens is 256 g/mol. The molecule has 0 radical (unpaired) electrons. The number of aromatic nitrogens is 1. The highest BCUT2D eigenvalue weighted by Crippen LogP contribution is 2.28. The van der Waals surface area contributed by atoms with Crippen LogP contribution in [0.3, 0.4) is 0 Å². The summed E-state index contributed by atoms with van der Waals surface area (Å²) in [5.41, 5.74) is 5.84. The number of para-hydroxylation sites is 1. The van der Waals surface area contributed by atoms with Gasteiger partial charge in [-0.15, -0.1) is 0 Å². The summed E-state index contributed by atoms with van der Waals surface area (Å²) in [6.45, 7) is 3.15. The van der Waals surface area contributed by atoms with Crippen LogP contribution in [0.15, 0.2) is 54.6 Å². The van der Waals surface area contributed by atoms with Crippen LogP contribution < -0.4 is 5.32 Å². The lowest BCUT2D eigenvalue weighted by Gasteiger charge is -2.17. The third kappa shape index (κ3) is 2.26. The second-order valence-corrected chi connectivity index (χ2v) is 5.76. The summed E-state index contributed by atoms with van der Waals surface area (Å²) in [5.74, 6) is 0. The van der Waals surface area contributed by atoms with Crippen LogP contribution in [-0.2, 0) is 25.9 Å². The number of fused-ring (bicyclic) bond motifs is 3. The fourth-order valence-corrected chi connectivity index (χ4v) is 3.47. The van der Waals surface area contributed by atoms with E-state index < -0.39 is 0 Å². The molecule has 1 aliphatic rings. The van der Waals surface area contributed by atoms with Crippen LogP contribution in [0.5, 0.6) is 0 Å². The highest BCUT2D eigenvalue weighted by molar-refractivity contribution is 5.85. The number of benzene rings is 2. The van der Waals surface area contributed by atoms with E-state index in [1.807, 2.05) is 0 Å². The van der Waals surface area contributed by atoms with Crippen molar-refractivity contribution in [2.45, 2.75) is 25.9 Å². The number of nitrogens with one attached hydrogen (secondary N) is 1. The van der Waals surface area contributed by atoms with Gasteiger partial charge < -0.3 is 9.88 Å². The van der Waals surface area contributed by atoms with Crippen molar-refractivity contribution < 1.29 is 0 Å². The van der Waals surface area contributed by atoms with E-state index in [1.165, 1.54) is 22.2 Å². The van der Waals surface area contributed by atoms with Gasteiger partial charge in [0.1, 0.15) is 0 Å². The zero-order valence-corrected chi connectivity index (χ0v) is 12.2. The Morgan fingerprint density at radius 1 is 0.952 bits per heavy atom. The number of hydrogen-bond acceptors (Lipinski definition) is 1. The molecule has 0 saturated heterocycles. The lowest BCUT2D eigenvalue weighted by atomic mass is 10.0. The molecule has 0 spiro atoms. The quantitative estimate of drug-likeness (QED) is 0.774. The molecule has 0 bridgehead atoms. The van der Waals surface area contributed by atoms with E-state index in [9.17, 15) is 0 Å². The molecule has 0 unspecified atom stereocenters. The van der Waals surface area contributed by atoms with Crippen LogP contribution in [-0.4, -0.2) is 11.1 Å². The highest BCUT2D eigenvalue weighted by atomic mass is 15.0. The second-order valence-electron chi connectivity index (χ2n) is 5.76. The summed E-state index contributed by atoms with van der Waals surface area (Å²) >= 11 is 0. The van der Waals surface area contributed by atoms with Crippen molar-refractivity contribution in [3.8, 4) is 0 Å². The van der Waals surface area contributed by atoms with Gasteiger partial charge in [-0.1, -0.05) is 48.5 Å². The van der Waals surface area contributed by atoms with E-state index in [0.29, 0.717) is 0 Å². The molecule has 0 aliphatic carbocycles. The molecule has 1 aromatic heterocycles. The summed E-state index contributed by atoms with van der Waals surface area (Å²) in [4.78, 5) is 0. The van der Waals surface area contributed by atoms with Gasteiger partial charge in [-0.25, -0.2) is 0 Å². The minimum absolute atomic E-state index is 0.999. The van der Waals surface area contributed by atoms with Crippen molar-refractivity contribution >= 4 is 10.9 Å². The lowest BCUT2D eigenvalue weighted by molar-refractivity contribution is 0.584. The zero-order valence-electron chi connectivity index (χ0n) is 12.2. The topological polar surface area (TPSA) is 17.0 Å². The predicted octanol–water partition coefficient (Wildman–Crippen LogP) is 3.53. The monoisotopic (exact) mass is 276 g/mol. The first-order valence-corrected chi connectivity index (χ1v) is 7.77. The van der Waals surface area contributed by atoms with Gasteiger partial charge >= 0.3 is 0 Å². The Morgan fingerprint density at radius 3 is 2.67 bits per heavy atom. The van der Waals surface area contributed by atoms with E-state index in [1.54, 1.807) is 5.56 Å². The Balaban J connectivity index is 1.74. The molecule has 2 heterocycles. The summed E-state index contributed by atoms with van der Waals surface area (Å²) in [6, 6.07) is 19.6. The van der Waals surface area contributed by atoms with Crippen LogP contribution in [0, 0.1) is 0 Å². The first-order valence-electron chi connectivity index (χ1n) is 7.77. The molecule has 21 heavy (non-hydrogen) atoms. The Morgan fingerprint density at radius 2 is 1.76 bits per heavy atom. The van der Waals surface area contributed by atoms with Crippen molar-refractivity contribution in [2.75, 3.05) is 6.54 Å². The average Bonchev–Trinajstić information content (AvgIpc) is 2.88. The third-order valence-electron chi connectivity index (χ3n) is 4.51. The number of hydrogen-bond donors (Lipinski definition) is 1. The van der Waals surface area contributed by atoms with Gasteiger partial charge in [0.2, 0.25) is 0 Å². The maximum atomic E-state index is 3.52. The van der Waals surface area contributed by atoms with E-state index in [0.717, 1.165) is 32.5 Å². The fourth-order valence-electron chi connectivity index (χ4n) is 3.47. The minimum Gasteiger partial charge on any atom is -0.343 e. The van der Waals surface area contributed by atoms with E-state index in [2.05, 4.69) is 64.5 Å². The summed E-state index contributed by atoms with van der Waals surface area (Å²) in [5, 5.41) is 4.97. The molecule has 0 atom stereocenters. The van der Waals surface area contributed by atoms with E-state index in [-0.39, 0.29) is 0 Å². The Labute approximate surface area is 125 Å². The SMILES string of the molecule is c1ccc(CCn2c3c(c4ccccc42)CCNC3)cc1. The molecule has 0 fully saturated rings. The fraction of sp³-hybridized carbons (Fsp3) is 0.263. The zero-order chi connectivity index (χ0) is 14.1. The van der Waals surface area contributed by atoms with Crippen LogP contribution in [0.25, 0.3) is 10.9 Å². The Hall–Kier alpha value is -2.06. The van der Waals surface area contributed by atoms with Gasteiger partial charge in [0, 0.05) is 29.7 Å². The van der Waals surface area contributed by atoms with Crippen LogP contribution in [0.4, 0.5) is 0 Å². The van der Waals surface area contributed by atoms with Gasteiger partial charge in [0.25, 0.3) is 0 Å². The van der Waals surface area contributed by atoms with E-state index in [4.69, 9.17) is 0 Å². The molecule has 0 amide bonds. The maximum Gasteiger partial charge on any atom is 0.0485 e. The number of aryl methyl sites for hydroxylation is 2. The third-order valence-corrected chi connectivity index (χ3v) is 4.51. The van der Waals surface area contributed by atoms with Gasteiger partial charge in [0.15, 0.2) is 0 Å². The molecule has 106 valence electrons. The van der Waals surface area contributed by atoms with Crippen LogP contribution in [0.1, 0.15) is 16.8 Å². The minimum atomic E-state index is 0.999. The first kappa shape index (κ1) is 12.7. The molecule has 1 N–H and O–H groups in total. The Bertz CT molecular complexity index is 756. The summed E-state index contributed by atoms with van der Waals surface area (Å²) < 4.78 is 2.52. The number of nitrogens with zero attached hydrogens (tertiary/aromatic N) is 1. The number of rotatable bonds is 3. The molecular formula is C19H20N2. The van der Waals surface area contributed by atoms with Gasteiger partial charge in [0.05, 0.1) is 0 Å². The summed E-state index contributed by atoms with van der Waals surface area (Å²) in [7, 11) is 0. The largest absolute Gasteiger partial charge is 0.343 e. The van der Waals surface area contributed by atoms with Crippen molar-refractivity contribution in [3.05, 3.63) is 71.4 Å². The molecule has 3 aromatic rings. The molecule has 0 saturated carbocycles. The smallest absolute Gasteiger partial charge is 0.0485 e. The average molecular weight is 276 g/mol. The molecule has 1 aliphatic heterocycles. The van der Waals surface area contributed by atoms with Crippen molar-refractivity contribution in [3.63, 3.8) is 0 Å². The van der Waals surface area contributed by atoms with Crippen molar-refractivity contribution in [1.82, 2.24) is 9.88 Å². The van der Waals surface area contributed by atoms with E-state index >= 15 is 0 Å². The van der Waals surface area contributed by atoms with Crippen molar-refractivity contribution in [1.29, 1.82) is 0 Å². The standard InChI is InChI=1S/C19H20N2/c1-2-6-15(7-3-1)11-13-21-18-9-5-4-8-16(18)17-10-12-20-14-19(17)21/h1-9,20H,10-14H2. The molecule has 2 heteroatoms. The Kier molecular flexibility index (Phi) is 3.24.